The molecule has 1 heterocycles. The fourth-order valence-electron chi connectivity index (χ4n) is 2.40. The molecule has 3 heteroatoms. The highest BCUT2D eigenvalue weighted by molar-refractivity contribution is 6.30. The van der Waals surface area contributed by atoms with E-state index in [2.05, 4.69) is 43.1 Å². The Morgan fingerprint density at radius 3 is 2.88 bits per heavy atom. The molecule has 1 saturated heterocycles. The van der Waals surface area contributed by atoms with Crippen LogP contribution in [0.2, 0.25) is 5.02 Å². The average Bonchev–Trinajstić information content (AvgIpc) is 2.38. The van der Waals surface area contributed by atoms with Crippen LogP contribution in [0.3, 0.4) is 0 Å². The van der Waals surface area contributed by atoms with E-state index in [9.17, 15) is 0 Å². The summed E-state index contributed by atoms with van der Waals surface area (Å²) >= 11 is 6.08. The van der Waals surface area contributed by atoms with Gasteiger partial charge in [0.25, 0.3) is 0 Å². The number of nitrogens with zero attached hydrogens (tertiary/aromatic N) is 1. The zero-order valence-corrected chi connectivity index (χ0v) is 11.6. The zero-order valence-electron chi connectivity index (χ0n) is 10.8. The highest BCUT2D eigenvalue weighted by Crippen LogP contribution is 2.27. The van der Waals surface area contributed by atoms with E-state index in [1.54, 1.807) is 0 Å². The fourth-order valence-corrected chi connectivity index (χ4v) is 2.59. The molecule has 1 aromatic carbocycles. The van der Waals surface area contributed by atoms with Gasteiger partial charge >= 0.3 is 0 Å². The van der Waals surface area contributed by atoms with Crippen LogP contribution in [0.5, 0.6) is 0 Å². The maximum absolute atomic E-state index is 6.08. The van der Waals surface area contributed by atoms with Crippen LogP contribution in [0.15, 0.2) is 24.3 Å². The van der Waals surface area contributed by atoms with Gasteiger partial charge < -0.3 is 10.2 Å². The summed E-state index contributed by atoms with van der Waals surface area (Å²) in [4.78, 5) is 2.45. The second-order valence-electron chi connectivity index (χ2n) is 5.75. The Labute approximate surface area is 109 Å². The van der Waals surface area contributed by atoms with Gasteiger partial charge in [0, 0.05) is 36.4 Å². The van der Waals surface area contributed by atoms with Crippen LogP contribution in [0.1, 0.15) is 20.8 Å². The molecule has 0 amide bonds. The van der Waals surface area contributed by atoms with Gasteiger partial charge in [0.1, 0.15) is 0 Å². The molecule has 0 aliphatic carbocycles. The van der Waals surface area contributed by atoms with Crippen molar-refractivity contribution < 1.29 is 0 Å². The van der Waals surface area contributed by atoms with Crippen molar-refractivity contribution in [2.45, 2.75) is 26.8 Å². The molecule has 1 aliphatic rings. The molecular weight excluding hydrogens is 232 g/mol. The summed E-state index contributed by atoms with van der Waals surface area (Å²) in [6.45, 7) is 10.0. The highest BCUT2D eigenvalue weighted by atomic mass is 35.5. The van der Waals surface area contributed by atoms with Crippen molar-refractivity contribution in [1.82, 2.24) is 5.32 Å². The predicted octanol–water partition coefficient (Wildman–Crippen LogP) is 3.16. The van der Waals surface area contributed by atoms with Crippen molar-refractivity contribution in [3.05, 3.63) is 29.3 Å². The van der Waals surface area contributed by atoms with Gasteiger partial charge in [-0.15, -0.1) is 0 Å². The summed E-state index contributed by atoms with van der Waals surface area (Å²) in [6.07, 6.45) is 0. The normalized spacial score (nSPS) is 24.5. The first-order chi connectivity index (χ1) is 7.98. The number of rotatable bonds is 1. The zero-order chi connectivity index (χ0) is 12.5. The lowest BCUT2D eigenvalue weighted by molar-refractivity contribution is 0.369. The molecule has 17 heavy (non-hydrogen) atoms. The largest absolute Gasteiger partial charge is 0.367 e. The van der Waals surface area contributed by atoms with Crippen LogP contribution in [0.25, 0.3) is 0 Å². The fraction of sp³-hybridized carbons (Fsp3) is 0.571. The van der Waals surface area contributed by atoms with Crippen molar-refractivity contribution in [3.63, 3.8) is 0 Å². The van der Waals surface area contributed by atoms with Crippen LogP contribution < -0.4 is 10.2 Å². The molecule has 0 aromatic heterocycles. The molecule has 2 rings (SSSR count). The third-order valence-corrected chi connectivity index (χ3v) is 3.55. The van der Waals surface area contributed by atoms with Crippen LogP contribution in [0.4, 0.5) is 5.69 Å². The summed E-state index contributed by atoms with van der Waals surface area (Å²) in [5.41, 5.74) is 1.51. The van der Waals surface area contributed by atoms with E-state index < -0.39 is 0 Å². The quantitative estimate of drug-likeness (QED) is 0.826. The molecule has 0 spiro atoms. The minimum absolute atomic E-state index is 0.285. The summed E-state index contributed by atoms with van der Waals surface area (Å²) in [6, 6.07) is 8.64. The lowest BCUT2D eigenvalue weighted by Gasteiger charge is -2.34. The second-order valence-corrected chi connectivity index (χ2v) is 6.19. The number of benzene rings is 1. The van der Waals surface area contributed by atoms with E-state index in [1.807, 2.05) is 12.1 Å². The van der Waals surface area contributed by atoms with Crippen LogP contribution in [0, 0.1) is 5.41 Å². The number of halogens is 1. The van der Waals surface area contributed by atoms with E-state index in [1.165, 1.54) is 5.69 Å². The maximum atomic E-state index is 6.08. The van der Waals surface area contributed by atoms with Gasteiger partial charge in [-0.3, -0.25) is 0 Å². The Balaban J connectivity index is 2.27. The Kier molecular flexibility index (Phi) is 3.64. The van der Waals surface area contributed by atoms with Crippen molar-refractivity contribution in [2.75, 3.05) is 24.5 Å². The van der Waals surface area contributed by atoms with E-state index in [0.717, 1.165) is 24.7 Å². The molecule has 1 N–H and O–H groups in total. The maximum Gasteiger partial charge on any atom is 0.0426 e. The van der Waals surface area contributed by atoms with Gasteiger partial charge in [0.2, 0.25) is 0 Å². The molecule has 1 fully saturated rings. The first kappa shape index (κ1) is 12.7. The Morgan fingerprint density at radius 1 is 1.41 bits per heavy atom. The van der Waals surface area contributed by atoms with Gasteiger partial charge in [-0.1, -0.05) is 31.5 Å². The third-order valence-electron chi connectivity index (χ3n) is 3.31. The number of anilines is 1. The van der Waals surface area contributed by atoms with Crippen molar-refractivity contribution in [1.29, 1.82) is 0 Å². The van der Waals surface area contributed by atoms with Gasteiger partial charge in [0.15, 0.2) is 0 Å². The van der Waals surface area contributed by atoms with Crippen molar-refractivity contribution in [3.8, 4) is 0 Å². The molecule has 0 bridgehead atoms. The molecule has 94 valence electrons. The number of hydrogen-bond acceptors (Lipinski definition) is 2. The smallest absolute Gasteiger partial charge is 0.0426 e. The molecule has 1 atom stereocenters. The Hall–Kier alpha value is -0.730. The second kappa shape index (κ2) is 4.87. The van der Waals surface area contributed by atoms with Crippen LogP contribution in [-0.2, 0) is 0 Å². The molecule has 1 aromatic rings. The lowest BCUT2D eigenvalue weighted by atomic mass is 9.93. The van der Waals surface area contributed by atoms with Gasteiger partial charge in [-0.05, 0) is 30.5 Å². The standard InChI is InChI=1S/C14H21ClN2/c1-11-8-16-9-14(2,3)10-17(11)13-6-4-5-12(15)7-13/h4-7,11,16H,8-10H2,1-3H3. The summed E-state index contributed by atoms with van der Waals surface area (Å²) in [7, 11) is 0. The van der Waals surface area contributed by atoms with E-state index >= 15 is 0 Å². The third kappa shape index (κ3) is 3.14. The van der Waals surface area contributed by atoms with Crippen LogP contribution in [-0.4, -0.2) is 25.7 Å². The first-order valence-corrected chi connectivity index (χ1v) is 6.59. The topological polar surface area (TPSA) is 15.3 Å². The minimum atomic E-state index is 0.285. The summed E-state index contributed by atoms with van der Waals surface area (Å²) in [5, 5.41) is 4.34. The Bertz CT molecular complexity index is 390. The Morgan fingerprint density at radius 2 is 2.18 bits per heavy atom. The van der Waals surface area contributed by atoms with E-state index in [4.69, 9.17) is 11.6 Å². The van der Waals surface area contributed by atoms with Crippen LogP contribution >= 0.6 is 11.6 Å². The highest BCUT2D eigenvalue weighted by Gasteiger charge is 2.28. The van der Waals surface area contributed by atoms with E-state index in [-0.39, 0.29) is 5.41 Å². The predicted molar refractivity (Wildman–Crippen MR) is 74.9 cm³/mol. The van der Waals surface area contributed by atoms with Gasteiger partial charge in [-0.2, -0.15) is 0 Å². The monoisotopic (exact) mass is 252 g/mol. The average molecular weight is 253 g/mol. The van der Waals surface area contributed by atoms with Crippen molar-refractivity contribution >= 4 is 17.3 Å². The SMILES string of the molecule is CC1CNCC(C)(C)CN1c1cccc(Cl)c1. The molecular formula is C14H21ClN2. The van der Waals surface area contributed by atoms with Gasteiger partial charge in [-0.25, -0.2) is 0 Å². The number of hydrogen-bond donors (Lipinski definition) is 1. The van der Waals surface area contributed by atoms with E-state index in [0.29, 0.717) is 6.04 Å². The first-order valence-electron chi connectivity index (χ1n) is 6.21. The summed E-state index contributed by atoms with van der Waals surface area (Å²) < 4.78 is 0. The van der Waals surface area contributed by atoms with Crippen molar-refractivity contribution in [2.24, 2.45) is 5.41 Å². The molecule has 1 unspecified atom stereocenters. The minimum Gasteiger partial charge on any atom is -0.367 e. The van der Waals surface area contributed by atoms with Gasteiger partial charge in [0.05, 0.1) is 0 Å². The lowest BCUT2D eigenvalue weighted by Crippen LogP contribution is -2.39. The number of nitrogens with one attached hydrogen (secondary N) is 1. The molecule has 0 saturated carbocycles. The molecule has 2 nitrogen and oxygen atoms in total. The summed E-state index contributed by atoms with van der Waals surface area (Å²) in [5.74, 6) is 0. The molecule has 1 aliphatic heterocycles. The molecule has 0 radical (unpaired) electrons.